The Morgan fingerprint density at radius 2 is 0.878 bits per heavy atom. The lowest BCUT2D eigenvalue weighted by Gasteiger charge is -2.26. The molecular formula is C47H33NO. The SMILES string of the molecule is Cc1c(-c2cccc(N(c3ccc(-c4cccc5ccccc45)cc3)c3ccc(-c4cccc5ccccc45)cc3)c2)oc2ccccc12. The number of anilines is 3. The zero-order valence-corrected chi connectivity index (χ0v) is 27.2. The first-order valence-corrected chi connectivity index (χ1v) is 16.8. The summed E-state index contributed by atoms with van der Waals surface area (Å²) in [6.45, 7) is 2.14. The molecule has 0 amide bonds. The second-order valence-electron chi connectivity index (χ2n) is 12.6. The summed E-state index contributed by atoms with van der Waals surface area (Å²) in [4.78, 5) is 2.33. The van der Waals surface area contributed by atoms with E-state index < -0.39 is 0 Å². The lowest BCUT2D eigenvalue weighted by molar-refractivity contribution is 0.629. The largest absolute Gasteiger partial charge is 0.456 e. The number of hydrogen-bond donors (Lipinski definition) is 0. The van der Waals surface area contributed by atoms with Gasteiger partial charge in [-0.15, -0.1) is 0 Å². The van der Waals surface area contributed by atoms with Gasteiger partial charge in [-0.1, -0.05) is 140 Å². The van der Waals surface area contributed by atoms with Gasteiger partial charge in [0.15, 0.2) is 0 Å². The van der Waals surface area contributed by atoms with Crippen LogP contribution in [0.1, 0.15) is 5.56 Å². The van der Waals surface area contributed by atoms with E-state index in [1.807, 2.05) is 12.1 Å². The van der Waals surface area contributed by atoms with Crippen molar-refractivity contribution in [3.05, 3.63) is 188 Å². The fraction of sp³-hybridized carbons (Fsp3) is 0.0213. The van der Waals surface area contributed by atoms with E-state index in [-0.39, 0.29) is 0 Å². The fourth-order valence-electron chi connectivity index (χ4n) is 7.22. The maximum absolute atomic E-state index is 6.41. The van der Waals surface area contributed by atoms with Gasteiger partial charge in [-0.3, -0.25) is 0 Å². The molecule has 0 saturated carbocycles. The predicted molar refractivity (Wildman–Crippen MR) is 207 cm³/mol. The molecule has 9 aromatic rings. The average Bonchev–Trinajstić information content (AvgIpc) is 3.51. The molecule has 49 heavy (non-hydrogen) atoms. The van der Waals surface area contributed by atoms with Crippen LogP contribution in [0.25, 0.3) is 66.1 Å². The summed E-state index contributed by atoms with van der Waals surface area (Å²) < 4.78 is 6.41. The molecule has 2 heteroatoms. The summed E-state index contributed by atoms with van der Waals surface area (Å²) in [6, 6.07) is 65.0. The standard InChI is InChI=1S/C47H33NO/c1-32-41-17-6-7-22-46(41)49-47(32)37-15-8-16-40(31-37)48(38-27-23-35(24-28-38)44-20-9-13-33-11-2-4-18-42(33)44)39-29-25-36(26-30-39)45-21-10-14-34-12-3-5-19-43(34)45/h2-31H,1H3. The van der Waals surface area contributed by atoms with Gasteiger partial charge >= 0.3 is 0 Å². The number of nitrogens with zero attached hydrogens (tertiary/aromatic N) is 1. The van der Waals surface area contributed by atoms with E-state index in [1.54, 1.807) is 0 Å². The predicted octanol–water partition coefficient (Wildman–Crippen LogP) is 13.5. The smallest absolute Gasteiger partial charge is 0.138 e. The summed E-state index contributed by atoms with van der Waals surface area (Å²) in [5, 5.41) is 6.15. The molecule has 0 aliphatic heterocycles. The van der Waals surface area contributed by atoms with Crippen LogP contribution in [0.3, 0.4) is 0 Å². The van der Waals surface area contributed by atoms with Gasteiger partial charge in [0.1, 0.15) is 11.3 Å². The molecule has 0 aliphatic carbocycles. The highest BCUT2D eigenvalue weighted by molar-refractivity contribution is 5.98. The highest BCUT2D eigenvalue weighted by Gasteiger charge is 2.17. The summed E-state index contributed by atoms with van der Waals surface area (Å²) in [5.41, 5.74) is 11.2. The van der Waals surface area contributed by atoms with Crippen molar-refractivity contribution in [3.8, 4) is 33.6 Å². The van der Waals surface area contributed by atoms with Gasteiger partial charge in [0.2, 0.25) is 0 Å². The number of para-hydroxylation sites is 1. The van der Waals surface area contributed by atoms with Crippen LogP contribution in [0.5, 0.6) is 0 Å². The van der Waals surface area contributed by atoms with Crippen molar-refractivity contribution in [2.75, 3.05) is 4.90 Å². The van der Waals surface area contributed by atoms with Crippen LogP contribution in [0.2, 0.25) is 0 Å². The Kier molecular flexibility index (Phi) is 7.06. The van der Waals surface area contributed by atoms with Gasteiger partial charge in [-0.25, -0.2) is 0 Å². The van der Waals surface area contributed by atoms with Crippen molar-refractivity contribution in [1.82, 2.24) is 0 Å². The minimum absolute atomic E-state index is 0.903. The van der Waals surface area contributed by atoms with Gasteiger partial charge in [0.05, 0.1) is 0 Å². The third-order valence-corrected chi connectivity index (χ3v) is 9.66. The third kappa shape index (κ3) is 5.15. The Morgan fingerprint density at radius 1 is 0.388 bits per heavy atom. The zero-order valence-electron chi connectivity index (χ0n) is 27.2. The van der Waals surface area contributed by atoms with Gasteiger partial charge in [0, 0.05) is 33.6 Å². The van der Waals surface area contributed by atoms with E-state index in [4.69, 9.17) is 4.42 Å². The van der Waals surface area contributed by atoms with E-state index >= 15 is 0 Å². The number of benzene rings is 8. The van der Waals surface area contributed by atoms with E-state index in [0.29, 0.717) is 0 Å². The highest BCUT2D eigenvalue weighted by Crippen LogP contribution is 2.41. The number of fused-ring (bicyclic) bond motifs is 3. The molecule has 1 heterocycles. The molecule has 0 aliphatic rings. The fourth-order valence-corrected chi connectivity index (χ4v) is 7.22. The van der Waals surface area contributed by atoms with E-state index in [0.717, 1.165) is 44.9 Å². The normalized spacial score (nSPS) is 11.4. The lowest BCUT2D eigenvalue weighted by Crippen LogP contribution is -2.10. The molecule has 232 valence electrons. The molecule has 0 saturated heterocycles. The monoisotopic (exact) mass is 627 g/mol. The maximum atomic E-state index is 6.41. The first-order valence-electron chi connectivity index (χ1n) is 16.8. The van der Waals surface area contributed by atoms with Crippen LogP contribution in [0, 0.1) is 6.92 Å². The summed E-state index contributed by atoms with van der Waals surface area (Å²) >= 11 is 0. The number of hydrogen-bond acceptors (Lipinski definition) is 2. The van der Waals surface area contributed by atoms with Crippen molar-refractivity contribution in [2.45, 2.75) is 6.92 Å². The molecule has 0 N–H and O–H groups in total. The minimum Gasteiger partial charge on any atom is -0.456 e. The average molecular weight is 628 g/mol. The van der Waals surface area contributed by atoms with Crippen LogP contribution in [0.4, 0.5) is 17.1 Å². The third-order valence-electron chi connectivity index (χ3n) is 9.66. The van der Waals surface area contributed by atoms with Crippen molar-refractivity contribution >= 4 is 49.6 Å². The molecule has 2 nitrogen and oxygen atoms in total. The van der Waals surface area contributed by atoms with E-state index in [9.17, 15) is 0 Å². The number of furan rings is 1. The summed E-state index contributed by atoms with van der Waals surface area (Å²) in [7, 11) is 0. The van der Waals surface area contributed by atoms with E-state index in [1.165, 1.54) is 43.8 Å². The molecule has 0 unspecified atom stereocenters. The second kappa shape index (κ2) is 12.0. The summed E-state index contributed by atoms with van der Waals surface area (Å²) in [6.07, 6.45) is 0. The molecular weight excluding hydrogens is 595 g/mol. The van der Waals surface area contributed by atoms with Gasteiger partial charge in [0.25, 0.3) is 0 Å². The second-order valence-corrected chi connectivity index (χ2v) is 12.6. The van der Waals surface area contributed by atoms with Crippen LogP contribution in [-0.4, -0.2) is 0 Å². The molecule has 9 rings (SSSR count). The lowest BCUT2D eigenvalue weighted by atomic mass is 9.97. The molecule has 0 atom stereocenters. The first-order chi connectivity index (χ1) is 24.2. The van der Waals surface area contributed by atoms with E-state index in [2.05, 4.69) is 182 Å². The molecule has 0 bridgehead atoms. The molecule has 0 fully saturated rings. The molecule has 0 radical (unpaired) electrons. The zero-order chi connectivity index (χ0) is 32.7. The number of aryl methyl sites for hydroxylation is 1. The van der Waals surface area contributed by atoms with Crippen LogP contribution >= 0.6 is 0 Å². The number of rotatable bonds is 6. The van der Waals surface area contributed by atoms with Gasteiger partial charge in [-0.2, -0.15) is 0 Å². The highest BCUT2D eigenvalue weighted by atomic mass is 16.3. The maximum Gasteiger partial charge on any atom is 0.138 e. The Hall–Kier alpha value is -6.38. The Morgan fingerprint density at radius 3 is 1.45 bits per heavy atom. The molecule has 1 aromatic heterocycles. The van der Waals surface area contributed by atoms with Crippen molar-refractivity contribution < 1.29 is 4.42 Å². The van der Waals surface area contributed by atoms with Crippen molar-refractivity contribution in [2.24, 2.45) is 0 Å². The quantitative estimate of drug-likeness (QED) is 0.182. The van der Waals surface area contributed by atoms with Crippen LogP contribution < -0.4 is 4.90 Å². The van der Waals surface area contributed by atoms with Crippen LogP contribution in [-0.2, 0) is 0 Å². The Labute approximate surface area is 286 Å². The molecule has 0 spiro atoms. The molecule has 8 aromatic carbocycles. The van der Waals surface area contributed by atoms with Gasteiger partial charge in [-0.05, 0) is 93.2 Å². The Balaban J connectivity index is 1.16. The van der Waals surface area contributed by atoms with Crippen molar-refractivity contribution in [1.29, 1.82) is 0 Å². The van der Waals surface area contributed by atoms with Crippen LogP contribution in [0.15, 0.2) is 186 Å². The Bertz CT molecular complexity index is 2480. The minimum atomic E-state index is 0.903. The topological polar surface area (TPSA) is 16.4 Å². The summed E-state index contributed by atoms with van der Waals surface area (Å²) in [5.74, 6) is 0.903. The van der Waals surface area contributed by atoms with Gasteiger partial charge < -0.3 is 9.32 Å². The van der Waals surface area contributed by atoms with Crippen molar-refractivity contribution in [3.63, 3.8) is 0 Å². The first kappa shape index (κ1) is 28.8.